The molecular formula is C16H22N4OS. The van der Waals surface area contributed by atoms with Crippen LogP contribution >= 0.6 is 11.8 Å². The Hall–Kier alpha value is -1.37. The second-order valence-electron chi connectivity index (χ2n) is 5.51. The van der Waals surface area contributed by atoms with E-state index in [1.54, 1.807) is 25.2 Å². The average Bonchev–Trinajstić information content (AvgIpc) is 3.21. The molecule has 118 valence electrons. The molecule has 0 bridgehead atoms. The highest BCUT2D eigenvalue weighted by atomic mass is 32.2. The van der Waals surface area contributed by atoms with Gasteiger partial charge in [0.25, 0.3) is 0 Å². The summed E-state index contributed by atoms with van der Waals surface area (Å²) in [6.07, 6.45) is 4.88. The molecule has 3 rings (SSSR count). The number of ether oxygens (including phenoxy) is 1. The van der Waals surface area contributed by atoms with Gasteiger partial charge in [0.2, 0.25) is 0 Å². The lowest BCUT2D eigenvalue weighted by Gasteiger charge is -2.15. The van der Waals surface area contributed by atoms with Gasteiger partial charge in [-0.2, -0.15) is 5.10 Å². The number of thioether (sulfide) groups is 1. The molecular weight excluding hydrogens is 296 g/mol. The Morgan fingerprint density at radius 2 is 2.14 bits per heavy atom. The predicted octanol–water partition coefficient (Wildman–Crippen LogP) is 2.42. The van der Waals surface area contributed by atoms with E-state index in [4.69, 9.17) is 4.74 Å². The van der Waals surface area contributed by atoms with Crippen LogP contribution < -0.4 is 0 Å². The van der Waals surface area contributed by atoms with E-state index in [0.717, 1.165) is 44.2 Å². The van der Waals surface area contributed by atoms with Crippen molar-refractivity contribution in [1.29, 1.82) is 0 Å². The van der Waals surface area contributed by atoms with Crippen LogP contribution in [0.2, 0.25) is 0 Å². The molecule has 1 aromatic carbocycles. The van der Waals surface area contributed by atoms with Gasteiger partial charge in [-0.15, -0.1) is 11.8 Å². The summed E-state index contributed by atoms with van der Waals surface area (Å²) in [5.41, 5.74) is 1.08. The molecule has 22 heavy (non-hydrogen) atoms. The molecule has 6 heteroatoms. The predicted molar refractivity (Wildman–Crippen MR) is 88.8 cm³/mol. The molecule has 1 fully saturated rings. The highest BCUT2D eigenvalue weighted by Crippen LogP contribution is 2.27. The van der Waals surface area contributed by atoms with Gasteiger partial charge < -0.3 is 9.64 Å². The SMILES string of the molecule is COCCN1CC[C@H](c2ncnn2-c2ccc(SC)cc2)C1. The summed E-state index contributed by atoms with van der Waals surface area (Å²) in [5, 5.41) is 4.43. The van der Waals surface area contributed by atoms with Crippen LogP contribution in [0.15, 0.2) is 35.5 Å². The minimum Gasteiger partial charge on any atom is -0.383 e. The van der Waals surface area contributed by atoms with E-state index in [-0.39, 0.29) is 0 Å². The van der Waals surface area contributed by atoms with Gasteiger partial charge in [-0.25, -0.2) is 9.67 Å². The first-order valence-corrected chi connectivity index (χ1v) is 8.80. The fourth-order valence-electron chi connectivity index (χ4n) is 2.92. The van der Waals surface area contributed by atoms with Crippen LogP contribution in [-0.2, 0) is 4.74 Å². The summed E-state index contributed by atoms with van der Waals surface area (Å²) < 4.78 is 7.15. The number of hydrogen-bond donors (Lipinski definition) is 0. The van der Waals surface area contributed by atoms with E-state index in [0.29, 0.717) is 5.92 Å². The number of hydrogen-bond acceptors (Lipinski definition) is 5. The number of benzene rings is 1. The molecule has 5 nitrogen and oxygen atoms in total. The summed E-state index contributed by atoms with van der Waals surface area (Å²) in [6, 6.07) is 8.49. The summed E-state index contributed by atoms with van der Waals surface area (Å²) in [4.78, 5) is 8.22. The zero-order valence-electron chi connectivity index (χ0n) is 13.1. The van der Waals surface area contributed by atoms with Crippen molar-refractivity contribution in [2.45, 2.75) is 17.2 Å². The maximum absolute atomic E-state index is 5.17. The van der Waals surface area contributed by atoms with Gasteiger partial charge in [-0.3, -0.25) is 0 Å². The lowest BCUT2D eigenvalue weighted by atomic mass is 10.1. The van der Waals surface area contributed by atoms with Crippen LogP contribution in [-0.4, -0.2) is 59.3 Å². The molecule has 0 amide bonds. The number of likely N-dealkylation sites (tertiary alicyclic amines) is 1. The highest BCUT2D eigenvalue weighted by Gasteiger charge is 2.27. The molecule has 0 saturated carbocycles. The second kappa shape index (κ2) is 7.26. The number of aromatic nitrogens is 3. The first-order valence-electron chi connectivity index (χ1n) is 7.57. The fraction of sp³-hybridized carbons (Fsp3) is 0.500. The van der Waals surface area contributed by atoms with Crippen molar-refractivity contribution in [2.75, 3.05) is 39.6 Å². The van der Waals surface area contributed by atoms with Crippen LogP contribution in [0.5, 0.6) is 0 Å². The van der Waals surface area contributed by atoms with Gasteiger partial charge in [-0.1, -0.05) is 0 Å². The molecule has 0 radical (unpaired) electrons. The van der Waals surface area contributed by atoms with Gasteiger partial charge in [-0.05, 0) is 43.5 Å². The first-order chi connectivity index (χ1) is 10.8. The van der Waals surface area contributed by atoms with Crippen molar-refractivity contribution in [3.63, 3.8) is 0 Å². The Morgan fingerprint density at radius 3 is 2.86 bits per heavy atom. The molecule has 1 saturated heterocycles. The van der Waals surface area contributed by atoms with Crippen molar-refractivity contribution < 1.29 is 4.74 Å². The molecule has 0 unspecified atom stereocenters. The smallest absolute Gasteiger partial charge is 0.138 e. The monoisotopic (exact) mass is 318 g/mol. The van der Waals surface area contributed by atoms with Gasteiger partial charge >= 0.3 is 0 Å². The summed E-state index contributed by atoms with van der Waals surface area (Å²) in [6.45, 7) is 3.91. The summed E-state index contributed by atoms with van der Waals surface area (Å²) >= 11 is 1.75. The van der Waals surface area contributed by atoms with Crippen LogP contribution in [0, 0.1) is 0 Å². The maximum atomic E-state index is 5.17. The third-order valence-electron chi connectivity index (χ3n) is 4.14. The third-order valence-corrected chi connectivity index (χ3v) is 4.88. The van der Waals surface area contributed by atoms with Crippen molar-refractivity contribution in [3.8, 4) is 5.69 Å². The lowest BCUT2D eigenvalue weighted by molar-refractivity contribution is 0.160. The van der Waals surface area contributed by atoms with E-state index in [1.807, 2.05) is 4.68 Å². The zero-order chi connectivity index (χ0) is 15.4. The zero-order valence-corrected chi connectivity index (χ0v) is 13.9. The summed E-state index contributed by atoms with van der Waals surface area (Å²) in [7, 11) is 1.75. The third kappa shape index (κ3) is 3.34. The molecule has 2 heterocycles. The first kappa shape index (κ1) is 15.5. The largest absolute Gasteiger partial charge is 0.383 e. The Morgan fingerprint density at radius 1 is 1.32 bits per heavy atom. The average molecular weight is 318 g/mol. The van der Waals surface area contributed by atoms with E-state index in [9.17, 15) is 0 Å². The highest BCUT2D eigenvalue weighted by molar-refractivity contribution is 7.98. The minimum absolute atomic E-state index is 0.444. The molecule has 1 aromatic heterocycles. The van der Waals surface area contributed by atoms with Crippen LogP contribution in [0.3, 0.4) is 0 Å². The molecule has 1 aliphatic heterocycles. The topological polar surface area (TPSA) is 43.2 Å². The maximum Gasteiger partial charge on any atom is 0.138 e. The van der Waals surface area contributed by atoms with E-state index < -0.39 is 0 Å². The second-order valence-corrected chi connectivity index (χ2v) is 6.39. The van der Waals surface area contributed by atoms with Gasteiger partial charge in [0.05, 0.1) is 12.3 Å². The number of methoxy groups -OCH3 is 1. The van der Waals surface area contributed by atoms with Crippen LogP contribution in [0.4, 0.5) is 0 Å². The number of rotatable bonds is 6. The van der Waals surface area contributed by atoms with Crippen LogP contribution in [0.25, 0.3) is 5.69 Å². The molecule has 0 spiro atoms. The van der Waals surface area contributed by atoms with Gasteiger partial charge in [0, 0.05) is 31.0 Å². The van der Waals surface area contributed by atoms with Crippen molar-refractivity contribution >= 4 is 11.8 Å². The molecule has 1 atom stereocenters. The fourth-order valence-corrected chi connectivity index (χ4v) is 3.33. The number of nitrogens with zero attached hydrogens (tertiary/aromatic N) is 4. The van der Waals surface area contributed by atoms with E-state index >= 15 is 0 Å². The van der Waals surface area contributed by atoms with Crippen molar-refractivity contribution in [3.05, 3.63) is 36.4 Å². The quantitative estimate of drug-likeness (QED) is 0.765. The van der Waals surface area contributed by atoms with Gasteiger partial charge in [0.1, 0.15) is 12.2 Å². The van der Waals surface area contributed by atoms with E-state index in [2.05, 4.69) is 45.5 Å². The molecule has 0 N–H and O–H groups in total. The van der Waals surface area contributed by atoms with Gasteiger partial charge in [0.15, 0.2) is 0 Å². The molecule has 1 aliphatic rings. The Balaban J connectivity index is 1.74. The van der Waals surface area contributed by atoms with E-state index in [1.165, 1.54) is 4.90 Å². The molecule has 0 aliphatic carbocycles. The van der Waals surface area contributed by atoms with Crippen molar-refractivity contribution in [1.82, 2.24) is 19.7 Å². The summed E-state index contributed by atoms with van der Waals surface area (Å²) in [5.74, 6) is 1.51. The molecule has 2 aromatic rings. The lowest BCUT2D eigenvalue weighted by Crippen LogP contribution is -2.25. The Kier molecular flexibility index (Phi) is 5.12. The Labute approximate surface area is 135 Å². The normalized spacial score (nSPS) is 18.9. The van der Waals surface area contributed by atoms with Crippen molar-refractivity contribution in [2.24, 2.45) is 0 Å². The Bertz CT molecular complexity index is 598. The minimum atomic E-state index is 0.444. The van der Waals surface area contributed by atoms with Crippen LogP contribution in [0.1, 0.15) is 18.2 Å². The standard InChI is InChI=1S/C16H22N4OS/c1-21-10-9-19-8-7-13(11-19)16-17-12-18-20(16)14-3-5-15(22-2)6-4-14/h3-6,12-13H,7-11H2,1-2H3/t13-/m0/s1.